The van der Waals surface area contributed by atoms with Gasteiger partial charge in [0, 0.05) is 13.7 Å². The van der Waals surface area contributed by atoms with Crippen LogP contribution in [-0.2, 0) is 11.2 Å². The van der Waals surface area contributed by atoms with Crippen LogP contribution in [0.2, 0.25) is 0 Å². The second kappa shape index (κ2) is 10.7. The summed E-state index contributed by atoms with van der Waals surface area (Å²) in [5, 5.41) is 0. The first-order chi connectivity index (χ1) is 11.8. The molecule has 2 rings (SSSR count). The summed E-state index contributed by atoms with van der Waals surface area (Å²) in [6.07, 6.45) is 7.47. The van der Waals surface area contributed by atoms with Gasteiger partial charge < -0.3 is 9.47 Å². The summed E-state index contributed by atoms with van der Waals surface area (Å²) >= 11 is 0. The van der Waals surface area contributed by atoms with E-state index in [0.29, 0.717) is 0 Å². The van der Waals surface area contributed by atoms with E-state index in [1.54, 1.807) is 7.11 Å². The maximum atomic E-state index is 5.81. The van der Waals surface area contributed by atoms with Crippen molar-refractivity contribution in [2.45, 2.75) is 32.1 Å². The van der Waals surface area contributed by atoms with Crippen LogP contribution in [0.5, 0.6) is 5.75 Å². The molecule has 0 bridgehead atoms. The van der Waals surface area contributed by atoms with Gasteiger partial charge in [-0.3, -0.25) is 0 Å². The molecule has 0 spiro atoms. The molecule has 2 nitrogen and oxygen atoms in total. The molecule has 0 heterocycles. The first-order valence-electron chi connectivity index (χ1n) is 8.75. The third kappa shape index (κ3) is 6.21. The molecule has 2 aromatic carbocycles. The highest BCUT2D eigenvalue weighted by Gasteiger charge is 2.00. The summed E-state index contributed by atoms with van der Waals surface area (Å²) in [7, 11) is 1.75. The monoisotopic (exact) mass is 324 g/mol. The van der Waals surface area contributed by atoms with Gasteiger partial charge in [0.05, 0.1) is 6.61 Å². The molecule has 2 aromatic rings. The number of hydrogen-bond acceptors (Lipinski definition) is 2. The smallest absolute Gasteiger partial charge is 0.119 e. The highest BCUT2D eigenvalue weighted by Crippen LogP contribution is 2.23. The van der Waals surface area contributed by atoms with Crippen LogP contribution in [0.25, 0.3) is 11.1 Å². The van der Waals surface area contributed by atoms with Crippen molar-refractivity contribution in [2.75, 3.05) is 20.3 Å². The Balaban J connectivity index is 1.77. The molecular formula is C22H28O2. The van der Waals surface area contributed by atoms with E-state index in [1.165, 1.54) is 29.5 Å². The maximum absolute atomic E-state index is 5.81. The van der Waals surface area contributed by atoms with E-state index in [1.807, 2.05) is 6.08 Å². The van der Waals surface area contributed by atoms with Crippen molar-refractivity contribution in [1.82, 2.24) is 0 Å². The summed E-state index contributed by atoms with van der Waals surface area (Å²) in [4.78, 5) is 0. The van der Waals surface area contributed by atoms with Gasteiger partial charge in [-0.25, -0.2) is 0 Å². The molecule has 0 saturated heterocycles. The predicted octanol–water partition coefficient (Wildman–Crippen LogP) is 5.67. The summed E-state index contributed by atoms with van der Waals surface area (Å²) in [6.45, 7) is 5.41. The Kier molecular flexibility index (Phi) is 8.12. The lowest BCUT2D eigenvalue weighted by Gasteiger charge is -2.08. The van der Waals surface area contributed by atoms with Crippen LogP contribution in [-0.4, -0.2) is 20.3 Å². The number of rotatable bonds is 11. The largest absolute Gasteiger partial charge is 0.494 e. The van der Waals surface area contributed by atoms with E-state index in [-0.39, 0.29) is 0 Å². The lowest BCUT2D eigenvalue weighted by Crippen LogP contribution is -1.97. The van der Waals surface area contributed by atoms with Crippen molar-refractivity contribution in [2.24, 2.45) is 0 Å². The molecule has 24 heavy (non-hydrogen) atoms. The second-order valence-corrected chi connectivity index (χ2v) is 5.97. The summed E-state index contributed by atoms with van der Waals surface area (Å²) in [6, 6.07) is 17.0. The van der Waals surface area contributed by atoms with E-state index in [4.69, 9.17) is 9.47 Å². The van der Waals surface area contributed by atoms with E-state index in [9.17, 15) is 0 Å². The molecular weight excluding hydrogens is 296 g/mol. The van der Waals surface area contributed by atoms with Gasteiger partial charge in [0.1, 0.15) is 5.75 Å². The Bertz CT molecular complexity index is 584. The number of methoxy groups -OCH3 is 1. The van der Waals surface area contributed by atoms with Crippen molar-refractivity contribution >= 4 is 0 Å². The van der Waals surface area contributed by atoms with Crippen LogP contribution < -0.4 is 4.74 Å². The molecule has 0 aliphatic rings. The third-order valence-corrected chi connectivity index (χ3v) is 4.03. The first-order valence-corrected chi connectivity index (χ1v) is 8.75. The van der Waals surface area contributed by atoms with Gasteiger partial charge in [0.25, 0.3) is 0 Å². The Morgan fingerprint density at radius 2 is 1.38 bits per heavy atom. The molecule has 0 atom stereocenters. The lowest BCUT2D eigenvalue weighted by atomic mass is 10.0. The Labute approximate surface area is 146 Å². The number of hydrogen-bond donors (Lipinski definition) is 0. The van der Waals surface area contributed by atoms with Crippen LogP contribution in [0.15, 0.2) is 61.2 Å². The van der Waals surface area contributed by atoms with Crippen LogP contribution in [0.1, 0.15) is 31.2 Å². The molecule has 0 N–H and O–H groups in total. The molecule has 0 amide bonds. The van der Waals surface area contributed by atoms with Crippen molar-refractivity contribution in [3.05, 3.63) is 66.7 Å². The summed E-state index contributed by atoms with van der Waals surface area (Å²) in [5.74, 6) is 0.943. The minimum atomic E-state index is 0.780. The minimum Gasteiger partial charge on any atom is -0.494 e. The van der Waals surface area contributed by atoms with E-state index in [2.05, 4.69) is 55.1 Å². The van der Waals surface area contributed by atoms with E-state index in [0.717, 1.165) is 38.2 Å². The van der Waals surface area contributed by atoms with Gasteiger partial charge in [-0.05, 0) is 54.5 Å². The normalized spacial score (nSPS) is 10.5. The van der Waals surface area contributed by atoms with E-state index < -0.39 is 0 Å². The first kappa shape index (κ1) is 18.3. The van der Waals surface area contributed by atoms with Gasteiger partial charge in [0.2, 0.25) is 0 Å². The molecule has 0 radical (unpaired) electrons. The van der Waals surface area contributed by atoms with Crippen LogP contribution in [0.3, 0.4) is 0 Å². The Morgan fingerprint density at radius 1 is 0.792 bits per heavy atom. The number of ether oxygens (including phenoxy) is 2. The average Bonchev–Trinajstić information content (AvgIpc) is 2.62. The molecule has 0 aliphatic carbocycles. The zero-order valence-electron chi connectivity index (χ0n) is 14.7. The quantitative estimate of drug-likeness (QED) is 0.392. The fourth-order valence-electron chi connectivity index (χ4n) is 2.64. The molecule has 128 valence electrons. The van der Waals surface area contributed by atoms with Gasteiger partial charge in [0.15, 0.2) is 0 Å². The molecule has 0 fully saturated rings. The zero-order chi connectivity index (χ0) is 17.0. The lowest BCUT2D eigenvalue weighted by molar-refractivity contribution is 0.191. The topological polar surface area (TPSA) is 18.5 Å². The molecule has 0 aromatic heterocycles. The van der Waals surface area contributed by atoms with Crippen molar-refractivity contribution in [1.29, 1.82) is 0 Å². The van der Waals surface area contributed by atoms with Crippen molar-refractivity contribution < 1.29 is 9.47 Å². The molecule has 2 heteroatoms. The highest BCUT2D eigenvalue weighted by atomic mass is 16.5. The number of benzene rings is 2. The maximum Gasteiger partial charge on any atom is 0.119 e. The highest BCUT2D eigenvalue weighted by molar-refractivity contribution is 5.64. The Hall–Kier alpha value is -2.06. The van der Waals surface area contributed by atoms with Crippen LogP contribution in [0, 0.1) is 0 Å². The van der Waals surface area contributed by atoms with Crippen molar-refractivity contribution in [3.63, 3.8) is 0 Å². The van der Waals surface area contributed by atoms with Gasteiger partial charge in [-0.2, -0.15) is 0 Å². The molecule has 0 unspecified atom stereocenters. The Morgan fingerprint density at radius 3 is 1.96 bits per heavy atom. The molecule has 0 aliphatic heterocycles. The minimum absolute atomic E-state index is 0.780. The predicted molar refractivity (Wildman–Crippen MR) is 102 cm³/mol. The summed E-state index contributed by atoms with van der Waals surface area (Å²) in [5.41, 5.74) is 3.73. The SMILES string of the molecule is C=CCc1ccc(-c2ccc(OCCCCCCOC)cc2)cc1. The van der Waals surface area contributed by atoms with Crippen molar-refractivity contribution in [3.8, 4) is 16.9 Å². The fraction of sp³-hybridized carbons (Fsp3) is 0.364. The standard InChI is InChI=1S/C22H28O2/c1-3-8-19-9-11-20(12-10-19)21-13-15-22(16-14-21)24-18-7-5-4-6-17-23-2/h3,9-16H,1,4-8,17-18H2,2H3. The molecule has 0 saturated carbocycles. The van der Waals surface area contributed by atoms with Gasteiger partial charge in [-0.15, -0.1) is 6.58 Å². The number of unbranched alkanes of at least 4 members (excludes halogenated alkanes) is 3. The van der Waals surface area contributed by atoms with Crippen LogP contribution >= 0.6 is 0 Å². The number of allylic oxidation sites excluding steroid dienone is 1. The van der Waals surface area contributed by atoms with Gasteiger partial charge >= 0.3 is 0 Å². The second-order valence-electron chi connectivity index (χ2n) is 5.97. The average molecular weight is 324 g/mol. The van der Waals surface area contributed by atoms with Gasteiger partial charge in [-0.1, -0.05) is 48.9 Å². The fourth-order valence-corrected chi connectivity index (χ4v) is 2.64. The summed E-state index contributed by atoms with van der Waals surface area (Å²) < 4.78 is 10.9. The van der Waals surface area contributed by atoms with E-state index >= 15 is 0 Å². The zero-order valence-corrected chi connectivity index (χ0v) is 14.7. The van der Waals surface area contributed by atoms with Crippen LogP contribution in [0.4, 0.5) is 0 Å². The third-order valence-electron chi connectivity index (χ3n) is 4.03.